The summed E-state index contributed by atoms with van der Waals surface area (Å²) in [5.74, 6) is 0.623. The van der Waals surface area contributed by atoms with Gasteiger partial charge in [0.05, 0.1) is 12.5 Å². The summed E-state index contributed by atoms with van der Waals surface area (Å²) < 4.78 is 35.0. The number of ether oxygens (including phenoxy) is 1. The fraction of sp³-hybridized carbons (Fsp3) is 0.524. The summed E-state index contributed by atoms with van der Waals surface area (Å²) in [4.78, 5) is 16.9. The molecular weight excluding hydrogens is 390 g/mol. The van der Waals surface area contributed by atoms with E-state index in [9.17, 15) is 13.2 Å². The van der Waals surface area contributed by atoms with Crippen LogP contribution in [0.4, 0.5) is 0 Å². The first kappa shape index (κ1) is 20.1. The van der Waals surface area contributed by atoms with Crippen molar-refractivity contribution in [3.8, 4) is 0 Å². The highest BCUT2D eigenvalue weighted by molar-refractivity contribution is 8.00. The number of carbonyl (C=O) groups is 1. The first-order chi connectivity index (χ1) is 13.9. The Kier molecular flexibility index (Phi) is 5.48. The summed E-state index contributed by atoms with van der Waals surface area (Å²) in [6.07, 6.45) is 1.57. The van der Waals surface area contributed by atoms with E-state index in [4.69, 9.17) is 4.74 Å². The van der Waals surface area contributed by atoms with Crippen LogP contribution in [0.5, 0.6) is 0 Å². The first-order valence-electron chi connectivity index (χ1n) is 10.1. The summed E-state index contributed by atoms with van der Waals surface area (Å²) in [5, 5.41) is 0. The lowest BCUT2D eigenvalue weighted by atomic mass is 10.1. The summed E-state index contributed by atoms with van der Waals surface area (Å²) >= 11 is 0. The molecule has 1 atom stereocenters. The van der Waals surface area contributed by atoms with Crippen molar-refractivity contribution < 1.29 is 17.9 Å². The van der Waals surface area contributed by atoms with Gasteiger partial charge in [0, 0.05) is 38.4 Å². The lowest BCUT2D eigenvalue weighted by Crippen LogP contribution is -2.40. The molecule has 0 bridgehead atoms. The van der Waals surface area contributed by atoms with Crippen molar-refractivity contribution in [3.63, 3.8) is 0 Å². The lowest BCUT2D eigenvalue weighted by Gasteiger charge is -2.25. The van der Waals surface area contributed by atoms with Crippen LogP contribution < -0.4 is 0 Å². The number of rotatable bonds is 2. The molecule has 156 valence electrons. The first-order valence-corrected chi connectivity index (χ1v) is 11.6. The maximum Gasteiger partial charge on any atom is 0.285 e. The summed E-state index contributed by atoms with van der Waals surface area (Å²) in [6.45, 7) is 7.45. The number of amidine groups is 1. The molecule has 0 aliphatic carbocycles. The Hall–Kier alpha value is -2.19. The van der Waals surface area contributed by atoms with Crippen LogP contribution in [-0.2, 0) is 19.6 Å². The highest BCUT2D eigenvalue weighted by Crippen LogP contribution is 2.34. The molecular formula is C21H27N3O4S. The Morgan fingerprint density at radius 3 is 2.55 bits per heavy atom. The summed E-state index contributed by atoms with van der Waals surface area (Å²) in [6, 6.07) is 7.48. The molecule has 0 radical (unpaired) electrons. The molecule has 29 heavy (non-hydrogen) atoms. The van der Waals surface area contributed by atoms with E-state index in [1.54, 1.807) is 0 Å². The molecule has 3 aliphatic rings. The van der Waals surface area contributed by atoms with Crippen LogP contribution in [0.25, 0.3) is 4.91 Å². The monoisotopic (exact) mass is 417 g/mol. The third-order valence-corrected chi connectivity index (χ3v) is 7.31. The van der Waals surface area contributed by atoms with E-state index in [1.807, 2.05) is 47.9 Å². The Bertz CT molecular complexity index is 960. The minimum absolute atomic E-state index is 0.0412. The number of aryl methyl sites for hydroxylation is 1. The molecule has 3 aliphatic heterocycles. The molecule has 2 saturated heterocycles. The van der Waals surface area contributed by atoms with Gasteiger partial charge in [-0.3, -0.25) is 4.79 Å². The fourth-order valence-electron chi connectivity index (χ4n) is 4.23. The predicted octanol–water partition coefficient (Wildman–Crippen LogP) is 2.04. The van der Waals surface area contributed by atoms with Crippen LogP contribution in [0.15, 0.2) is 34.2 Å². The van der Waals surface area contributed by atoms with Gasteiger partial charge >= 0.3 is 0 Å². The van der Waals surface area contributed by atoms with Gasteiger partial charge < -0.3 is 14.5 Å². The standard InChI is InChI=1S/C21H27N3O4S/c1-15-4-6-17(7-5-15)19-16(2)20(22-29(19,26)27)23-9-3-10-24(12-11-23)21(25)18-8-13-28-14-18/h4-7,18H,3,8-14H2,1-2H3/t18-/m0/s1. The van der Waals surface area contributed by atoms with E-state index in [1.165, 1.54) is 0 Å². The van der Waals surface area contributed by atoms with Gasteiger partial charge in [0.1, 0.15) is 10.7 Å². The van der Waals surface area contributed by atoms with E-state index in [2.05, 4.69) is 4.40 Å². The van der Waals surface area contributed by atoms with Crippen molar-refractivity contribution in [2.75, 3.05) is 39.4 Å². The van der Waals surface area contributed by atoms with Gasteiger partial charge in [-0.2, -0.15) is 8.42 Å². The van der Waals surface area contributed by atoms with Crippen LogP contribution >= 0.6 is 0 Å². The number of hydrogen-bond acceptors (Lipinski definition) is 5. The van der Waals surface area contributed by atoms with Crippen molar-refractivity contribution in [1.82, 2.24) is 9.80 Å². The zero-order valence-electron chi connectivity index (χ0n) is 16.9. The van der Waals surface area contributed by atoms with Crippen LogP contribution in [0, 0.1) is 12.8 Å². The molecule has 7 nitrogen and oxygen atoms in total. The van der Waals surface area contributed by atoms with Gasteiger partial charge in [0.15, 0.2) is 0 Å². The maximum atomic E-state index is 12.8. The quantitative estimate of drug-likeness (QED) is 0.736. The van der Waals surface area contributed by atoms with Crippen molar-refractivity contribution in [1.29, 1.82) is 0 Å². The zero-order chi connectivity index (χ0) is 20.6. The average molecular weight is 418 g/mol. The molecule has 3 heterocycles. The molecule has 4 rings (SSSR count). The Morgan fingerprint density at radius 1 is 1.10 bits per heavy atom. The van der Waals surface area contributed by atoms with E-state index in [0.29, 0.717) is 56.4 Å². The summed E-state index contributed by atoms with van der Waals surface area (Å²) in [7, 11) is -3.73. The second-order valence-corrected chi connectivity index (χ2v) is 9.48. The van der Waals surface area contributed by atoms with Gasteiger partial charge in [-0.1, -0.05) is 29.8 Å². The molecule has 0 spiro atoms. The van der Waals surface area contributed by atoms with Crippen molar-refractivity contribution in [2.45, 2.75) is 26.7 Å². The predicted molar refractivity (Wildman–Crippen MR) is 112 cm³/mol. The third kappa shape index (κ3) is 3.96. The van der Waals surface area contributed by atoms with Gasteiger partial charge in [-0.15, -0.1) is 4.40 Å². The maximum absolute atomic E-state index is 12.8. The highest BCUT2D eigenvalue weighted by atomic mass is 32.2. The van der Waals surface area contributed by atoms with Crippen molar-refractivity contribution in [2.24, 2.45) is 10.3 Å². The minimum Gasteiger partial charge on any atom is -0.381 e. The molecule has 1 aromatic rings. The molecule has 0 N–H and O–H groups in total. The van der Waals surface area contributed by atoms with E-state index in [0.717, 1.165) is 18.4 Å². The van der Waals surface area contributed by atoms with E-state index in [-0.39, 0.29) is 16.7 Å². The molecule has 0 unspecified atom stereocenters. The number of sulfonamides is 1. The molecule has 0 saturated carbocycles. The Balaban J connectivity index is 1.53. The van der Waals surface area contributed by atoms with Gasteiger partial charge in [0.2, 0.25) is 5.91 Å². The fourth-order valence-corrected chi connectivity index (χ4v) is 5.71. The number of hydrogen-bond donors (Lipinski definition) is 0. The van der Waals surface area contributed by atoms with E-state index < -0.39 is 10.0 Å². The molecule has 8 heteroatoms. The van der Waals surface area contributed by atoms with Gasteiger partial charge in [0.25, 0.3) is 10.0 Å². The molecule has 1 amide bonds. The Morgan fingerprint density at radius 2 is 1.86 bits per heavy atom. The third-order valence-electron chi connectivity index (χ3n) is 5.84. The van der Waals surface area contributed by atoms with Crippen molar-refractivity contribution >= 4 is 26.7 Å². The largest absolute Gasteiger partial charge is 0.381 e. The molecule has 2 fully saturated rings. The SMILES string of the molecule is CC1=C(c2ccc(C)cc2)S(=O)(=O)N=C1N1CCCN(C(=O)[C@H]2CCOC2)CC1. The normalized spacial score (nSPS) is 24.6. The second-order valence-electron chi connectivity index (χ2n) is 7.94. The second kappa shape index (κ2) is 7.91. The van der Waals surface area contributed by atoms with Crippen LogP contribution in [0.1, 0.15) is 30.9 Å². The van der Waals surface area contributed by atoms with Gasteiger partial charge in [-0.25, -0.2) is 0 Å². The molecule has 0 aromatic heterocycles. The average Bonchev–Trinajstić information content (AvgIpc) is 3.21. The minimum atomic E-state index is -3.73. The van der Waals surface area contributed by atoms with E-state index >= 15 is 0 Å². The Labute approximate surface area is 172 Å². The topological polar surface area (TPSA) is 79.3 Å². The zero-order valence-corrected chi connectivity index (χ0v) is 17.7. The summed E-state index contributed by atoms with van der Waals surface area (Å²) in [5.41, 5.74) is 2.42. The smallest absolute Gasteiger partial charge is 0.285 e. The van der Waals surface area contributed by atoms with Gasteiger partial charge in [-0.05, 0) is 32.3 Å². The molecule has 1 aromatic carbocycles. The lowest BCUT2D eigenvalue weighted by molar-refractivity contribution is -0.135. The number of carbonyl (C=O) groups excluding carboxylic acids is 1. The van der Waals surface area contributed by atoms with Crippen molar-refractivity contribution in [3.05, 3.63) is 41.0 Å². The van der Waals surface area contributed by atoms with Crippen LogP contribution in [-0.4, -0.2) is 69.4 Å². The number of benzene rings is 1. The number of nitrogens with zero attached hydrogens (tertiary/aromatic N) is 3. The number of amides is 1. The highest BCUT2D eigenvalue weighted by Gasteiger charge is 2.35. The van der Waals surface area contributed by atoms with Crippen LogP contribution in [0.2, 0.25) is 0 Å². The van der Waals surface area contributed by atoms with Crippen LogP contribution in [0.3, 0.4) is 0 Å².